The molecule has 0 bridgehead atoms. The van der Waals surface area contributed by atoms with Crippen molar-refractivity contribution in [3.63, 3.8) is 0 Å². The number of hydrogen-bond acceptors (Lipinski definition) is 2. The molecule has 2 heteroatoms. The minimum atomic E-state index is -0.538. The van der Waals surface area contributed by atoms with Gasteiger partial charge in [-0.3, -0.25) is 0 Å². The van der Waals surface area contributed by atoms with Crippen LogP contribution in [0.2, 0.25) is 0 Å². The van der Waals surface area contributed by atoms with Crippen LogP contribution >= 0.6 is 0 Å². The molecule has 17 heavy (non-hydrogen) atoms. The van der Waals surface area contributed by atoms with Gasteiger partial charge < -0.3 is 10.2 Å². The van der Waals surface area contributed by atoms with Gasteiger partial charge in [0.15, 0.2) is 0 Å². The highest BCUT2D eigenvalue weighted by Gasteiger charge is 2.37. The Morgan fingerprint density at radius 2 is 1.94 bits per heavy atom. The number of hydrogen-bond donors (Lipinski definition) is 2. The highest BCUT2D eigenvalue weighted by Crippen LogP contribution is 2.38. The van der Waals surface area contributed by atoms with E-state index in [1.54, 1.807) is 12.1 Å². The summed E-state index contributed by atoms with van der Waals surface area (Å²) >= 11 is 0. The Morgan fingerprint density at radius 3 is 2.59 bits per heavy atom. The summed E-state index contributed by atoms with van der Waals surface area (Å²) in [7, 11) is 0. The number of phenolic OH excluding ortho intramolecular Hbond substituents is 1. The van der Waals surface area contributed by atoms with E-state index < -0.39 is 5.60 Å². The molecule has 2 rings (SSSR count). The topological polar surface area (TPSA) is 40.5 Å². The maximum Gasteiger partial charge on any atom is 0.115 e. The fourth-order valence-corrected chi connectivity index (χ4v) is 3.08. The van der Waals surface area contributed by atoms with Crippen molar-refractivity contribution in [3.05, 3.63) is 29.8 Å². The summed E-state index contributed by atoms with van der Waals surface area (Å²) in [5, 5.41) is 20.1. The number of aromatic hydroxyl groups is 1. The fourth-order valence-electron chi connectivity index (χ4n) is 3.08. The molecule has 94 valence electrons. The lowest BCUT2D eigenvalue weighted by Crippen LogP contribution is -2.42. The van der Waals surface area contributed by atoms with Gasteiger partial charge in [0.1, 0.15) is 5.75 Å². The van der Waals surface area contributed by atoms with Crippen LogP contribution in [-0.4, -0.2) is 15.8 Å². The molecule has 2 atom stereocenters. The largest absolute Gasteiger partial charge is 0.508 e. The van der Waals surface area contributed by atoms with Crippen molar-refractivity contribution in [2.75, 3.05) is 0 Å². The maximum absolute atomic E-state index is 10.8. The lowest BCUT2D eigenvalue weighted by atomic mass is 9.71. The number of benzene rings is 1. The van der Waals surface area contributed by atoms with Gasteiger partial charge in [-0.1, -0.05) is 38.3 Å². The number of rotatable bonds is 3. The summed E-state index contributed by atoms with van der Waals surface area (Å²) in [5.41, 5.74) is 0.579. The van der Waals surface area contributed by atoms with Gasteiger partial charge >= 0.3 is 0 Å². The Hall–Kier alpha value is -1.02. The van der Waals surface area contributed by atoms with Crippen LogP contribution in [0.3, 0.4) is 0 Å². The first-order valence-electron chi connectivity index (χ1n) is 6.64. The van der Waals surface area contributed by atoms with Gasteiger partial charge in [-0.15, -0.1) is 0 Å². The molecule has 1 fully saturated rings. The van der Waals surface area contributed by atoms with E-state index in [-0.39, 0.29) is 5.75 Å². The second-order valence-electron chi connectivity index (χ2n) is 5.30. The summed E-state index contributed by atoms with van der Waals surface area (Å²) in [6.07, 6.45) is 6.19. The van der Waals surface area contributed by atoms with Crippen LogP contribution in [0.5, 0.6) is 5.75 Å². The van der Waals surface area contributed by atoms with Gasteiger partial charge in [0.25, 0.3) is 0 Å². The molecule has 1 saturated carbocycles. The molecule has 2 unspecified atom stereocenters. The second-order valence-corrected chi connectivity index (χ2v) is 5.30. The SMILES string of the molecule is CCC1CCCCC1(O)Cc1ccc(O)cc1. The van der Waals surface area contributed by atoms with E-state index in [1.807, 2.05) is 12.1 Å². The van der Waals surface area contributed by atoms with Crippen molar-refractivity contribution < 1.29 is 10.2 Å². The molecule has 2 nitrogen and oxygen atoms in total. The molecule has 1 aliphatic rings. The molecule has 2 N–H and O–H groups in total. The summed E-state index contributed by atoms with van der Waals surface area (Å²) in [6, 6.07) is 7.22. The van der Waals surface area contributed by atoms with Crippen LogP contribution in [0.25, 0.3) is 0 Å². The third kappa shape index (κ3) is 2.81. The molecule has 0 heterocycles. The highest BCUT2D eigenvalue weighted by atomic mass is 16.3. The van der Waals surface area contributed by atoms with Crippen molar-refractivity contribution in [3.8, 4) is 5.75 Å². The van der Waals surface area contributed by atoms with Crippen molar-refractivity contribution >= 4 is 0 Å². The van der Waals surface area contributed by atoms with E-state index in [1.165, 1.54) is 6.42 Å². The van der Waals surface area contributed by atoms with E-state index in [0.717, 1.165) is 31.2 Å². The zero-order valence-corrected chi connectivity index (χ0v) is 10.5. The molecule has 0 amide bonds. The molecule has 1 aromatic rings. The van der Waals surface area contributed by atoms with Gasteiger partial charge in [0, 0.05) is 6.42 Å². The normalized spacial score (nSPS) is 29.2. The molecule has 0 aromatic heterocycles. The van der Waals surface area contributed by atoms with Crippen LogP contribution in [-0.2, 0) is 6.42 Å². The van der Waals surface area contributed by atoms with Crippen molar-refractivity contribution in [1.29, 1.82) is 0 Å². The van der Waals surface area contributed by atoms with Gasteiger partial charge in [-0.05, 0) is 36.5 Å². The highest BCUT2D eigenvalue weighted by molar-refractivity contribution is 5.27. The lowest BCUT2D eigenvalue weighted by Gasteiger charge is -2.40. The molecule has 0 spiro atoms. The third-order valence-corrected chi connectivity index (χ3v) is 4.11. The summed E-state index contributed by atoms with van der Waals surface area (Å²) in [4.78, 5) is 0. The lowest BCUT2D eigenvalue weighted by molar-refractivity contribution is -0.0491. The molecule has 0 radical (unpaired) electrons. The monoisotopic (exact) mass is 234 g/mol. The molecular formula is C15H22O2. The standard InChI is InChI=1S/C15H22O2/c1-2-13-5-3-4-10-15(13,17)11-12-6-8-14(16)9-7-12/h6-9,13,16-17H,2-5,10-11H2,1H3. The molecule has 0 saturated heterocycles. The van der Waals surface area contributed by atoms with Crippen LogP contribution in [0.15, 0.2) is 24.3 Å². The fraction of sp³-hybridized carbons (Fsp3) is 0.600. The summed E-state index contributed by atoms with van der Waals surface area (Å²) in [6.45, 7) is 2.16. The van der Waals surface area contributed by atoms with Crippen LogP contribution in [0, 0.1) is 5.92 Å². The zero-order chi connectivity index (χ0) is 12.3. The Bertz CT molecular complexity index is 358. The van der Waals surface area contributed by atoms with Crippen molar-refractivity contribution in [2.45, 2.75) is 51.0 Å². The average molecular weight is 234 g/mol. The first-order valence-corrected chi connectivity index (χ1v) is 6.64. The number of aliphatic hydroxyl groups is 1. The number of phenols is 1. The predicted octanol–water partition coefficient (Wildman–Crippen LogP) is 3.27. The Labute approximate surface area is 103 Å². The van der Waals surface area contributed by atoms with Gasteiger partial charge in [0.05, 0.1) is 5.60 Å². The van der Waals surface area contributed by atoms with Crippen molar-refractivity contribution in [1.82, 2.24) is 0 Å². The van der Waals surface area contributed by atoms with E-state index in [2.05, 4.69) is 6.92 Å². The molecule has 1 aliphatic carbocycles. The maximum atomic E-state index is 10.8. The summed E-state index contributed by atoms with van der Waals surface area (Å²) < 4.78 is 0. The second kappa shape index (κ2) is 5.09. The first kappa shape index (κ1) is 12.4. The Balaban J connectivity index is 2.11. The predicted molar refractivity (Wildman–Crippen MR) is 69.0 cm³/mol. The van der Waals surface area contributed by atoms with Gasteiger partial charge in [-0.2, -0.15) is 0 Å². The average Bonchev–Trinajstić information content (AvgIpc) is 2.32. The Morgan fingerprint density at radius 1 is 1.24 bits per heavy atom. The zero-order valence-electron chi connectivity index (χ0n) is 10.5. The quantitative estimate of drug-likeness (QED) is 0.842. The van der Waals surface area contributed by atoms with Crippen LogP contribution in [0.4, 0.5) is 0 Å². The first-order chi connectivity index (χ1) is 8.14. The minimum absolute atomic E-state index is 0.288. The van der Waals surface area contributed by atoms with E-state index in [4.69, 9.17) is 0 Å². The molecule has 0 aliphatic heterocycles. The Kier molecular flexibility index (Phi) is 3.72. The van der Waals surface area contributed by atoms with Crippen molar-refractivity contribution in [2.24, 2.45) is 5.92 Å². The van der Waals surface area contributed by atoms with E-state index in [0.29, 0.717) is 12.3 Å². The van der Waals surface area contributed by atoms with Crippen LogP contribution < -0.4 is 0 Å². The molecular weight excluding hydrogens is 212 g/mol. The van der Waals surface area contributed by atoms with Gasteiger partial charge in [0.2, 0.25) is 0 Å². The summed E-state index contributed by atoms with van der Waals surface area (Å²) in [5.74, 6) is 0.710. The minimum Gasteiger partial charge on any atom is -0.508 e. The van der Waals surface area contributed by atoms with E-state index in [9.17, 15) is 10.2 Å². The van der Waals surface area contributed by atoms with Gasteiger partial charge in [-0.25, -0.2) is 0 Å². The van der Waals surface area contributed by atoms with Crippen LogP contribution in [0.1, 0.15) is 44.6 Å². The third-order valence-electron chi connectivity index (χ3n) is 4.11. The van der Waals surface area contributed by atoms with E-state index >= 15 is 0 Å². The molecule has 1 aromatic carbocycles. The smallest absolute Gasteiger partial charge is 0.115 e.